The van der Waals surface area contributed by atoms with E-state index in [9.17, 15) is 18.0 Å². The SMILES string of the molecule is O=C(O)C(F)(F)F.O=C1NCCc2[nH]c(-c3ccnc(C=Cc4ccccc4N4CCCC4)c3)cc21. The van der Waals surface area contributed by atoms with Gasteiger partial charge in [-0.05, 0) is 48.7 Å². The fourth-order valence-corrected chi connectivity index (χ4v) is 4.21. The number of aliphatic carboxylic acids is 1. The van der Waals surface area contributed by atoms with Gasteiger partial charge in [-0.1, -0.05) is 24.3 Å². The Morgan fingerprint density at radius 2 is 1.81 bits per heavy atom. The van der Waals surface area contributed by atoms with Crippen molar-refractivity contribution in [2.45, 2.75) is 25.4 Å². The van der Waals surface area contributed by atoms with Crippen molar-refractivity contribution in [1.29, 1.82) is 0 Å². The summed E-state index contributed by atoms with van der Waals surface area (Å²) in [5, 5.41) is 10.0. The number of aromatic amines is 1. The van der Waals surface area contributed by atoms with Gasteiger partial charge in [-0.3, -0.25) is 9.78 Å². The van der Waals surface area contributed by atoms with E-state index in [2.05, 4.69) is 62.7 Å². The molecule has 4 heterocycles. The quantitative estimate of drug-likeness (QED) is 0.482. The molecule has 1 fully saturated rings. The van der Waals surface area contributed by atoms with E-state index < -0.39 is 12.1 Å². The number of carboxylic acids is 1. The molecule has 3 aromatic rings. The van der Waals surface area contributed by atoms with Crippen LogP contribution in [0.3, 0.4) is 0 Å². The average Bonchev–Trinajstić information content (AvgIpc) is 3.54. The molecule has 7 nitrogen and oxygen atoms in total. The number of carboxylic acid groups (broad SMARTS) is 1. The van der Waals surface area contributed by atoms with Crippen LogP contribution in [0, 0.1) is 0 Å². The molecule has 0 aliphatic carbocycles. The number of para-hydroxylation sites is 1. The molecule has 0 bridgehead atoms. The van der Waals surface area contributed by atoms with Gasteiger partial charge in [0.05, 0.1) is 11.3 Å². The Morgan fingerprint density at radius 3 is 2.50 bits per heavy atom. The van der Waals surface area contributed by atoms with Gasteiger partial charge in [-0.2, -0.15) is 13.2 Å². The second kappa shape index (κ2) is 10.7. The highest BCUT2D eigenvalue weighted by Gasteiger charge is 2.38. The molecule has 2 aliphatic heterocycles. The van der Waals surface area contributed by atoms with E-state index in [-0.39, 0.29) is 5.91 Å². The van der Waals surface area contributed by atoms with Gasteiger partial charge >= 0.3 is 12.1 Å². The zero-order chi connectivity index (χ0) is 25.7. The zero-order valence-electron chi connectivity index (χ0n) is 19.3. The topological polar surface area (TPSA) is 98.3 Å². The van der Waals surface area contributed by atoms with Gasteiger partial charge in [-0.15, -0.1) is 0 Å². The van der Waals surface area contributed by atoms with E-state index in [1.54, 1.807) is 0 Å². The van der Waals surface area contributed by atoms with Crippen LogP contribution in [-0.4, -0.2) is 52.8 Å². The van der Waals surface area contributed by atoms with Crippen LogP contribution in [0.2, 0.25) is 0 Å². The van der Waals surface area contributed by atoms with Crippen molar-refractivity contribution in [3.63, 3.8) is 0 Å². The molecule has 36 heavy (non-hydrogen) atoms. The maximum Gasteiger partial charge on any atom is 0.490 e. The number of anilines is 1. The van der Waals surface area contributed by atoms with Crippen LogP contribution in [0.4, 0.5) is 18.9 Å². The van der Waals surface area contributed by atoms with Gasteiger partial charge < -0.3 is 20.3 Å². The molecule has 10 heteroatoms. The first-order chi connectivity index (χ1) is 17.2. The third-order valence-corrected chi connectivity index (χ3v) is 5.96. The Balaban J connectivity index is 0.000000384. The molecular formula is C26H25F3N4O3. The van der Waals surface area contributed by atoms with Crippen molar-refractivity contribution in [1.82, 2.24) is 15.3 Å². The van der Waals surface area contributed by atoms with Crippen molar-refractivity contribution in [2.24, 2.45) is 0 Å². The van der Waals surface area contributed by atoms with Gasteiger partial charge in [0.15, 0.2) is 0 Å². The summed E-state index contributed by atoms with van der Waals surface area (Å²) in [5.74, 6) is -2.76. The molecular weight excluding hydrogens is 473 g/mol. The molecule has 0 radical (unpaired) electrons. The number of hydrogen-bond donors (Lipinski definition) is 3. The van der Waals surface area contributed by atoms with Crippen molar-refractivity contribution in [3.8, 4) is 11.3 Å². The maximum absolute atomic E-state index is 12.0. The minimum atomic E-state index is -5.08. The second-order valence-electron chi connectivity index (χ2n) is 8.44. The fourth-order valence-electron chi connectivity index (χ4n) is 4.21. The van der Waals surface area contributed by atoms with Crippen LogP contribution in [0.25, 0.3) is 23.4 Å². The summed E-state index contributed by atoms with van der Waals surface area (Å²) in [7, 11) is 0. The van der Waals surface area contributed by atoms with Gasteiger partial charge in [-0.25, -0.2) is 4.79 Å². The van der Waals surface area contributed by atoms with E-state index in [0.717, 1.165) is 47.7 Å². The molecule has 1 saturated heterocycles. The molecule has 0 spiro atoms. The molecule has 5 rings (SSSR count). The molecule has 1 aromatic carbocycles. The number of H-pyrrole nitrogens is 1. The zero-order valence-corrected chi connectivity index (χ0v) is 19.3. The van der Waals surface area contributed by atoms with E-state index in [1.807, 2.05) is 18.3 Å². The lowest BCUT2D eigenvalue weighted by molar-refractivity contribution is -0.192. The van der Waals surface area contributed by atoms with Crippen molar-refractivity contribution >= 4 is 29.7 Å². The Bertz CT molecular complexity index is 1280. The highest BCUT2D eigenvalue weighted by Crippen LogP contribution is 2.27. The lowest BCUT2D eigenvalue weighted by atomic mass is 10.1. The van der Waals surface area contributed by atoms with Crippen LogP contribution in [0.5, 0.6) is 0 Å². The van der Waals surface area contributed by atoms with Crippen LogP contribution in [-0.2, 0) is 11.2 Å². The summed E-state index contributed by atoms with van der Waals surface area (Å²) in [4.78, 5) is 31.3. The molecule has 0 unspecified atom stereocenters. The number of alkyl halides is 3. The number of nitrogens with zero attached hydrogens (tertiary/aromatic N) is 2. The number of nitrogens with one attached hydrogen (secondary N) is 2. The first-order valence-corrected chi connectivity index (χ1v) is 11.5. The van der Waals surface area contributed by atoms with Crippen molar-refractivity contribution in [3.05, 3.63) is 71.2 Å². The largest absolute Gasteiger partial charge is 0.490 e. The predicted octanol–water partition coefficient (Wildman–Crippen LogP) is 4.77. The number of amides is 1. The minimum absolute atomic E-state index is 0.00134. The number of fused-ring (bicyclic) bond motifs is 1. The van der Waals surface area contributed by atoms with Gasteiger partial charge in [0.1, 0.15) is 0 Å². The number of aromatic nitrogens is 2. The van der Waals surface area contributed by atoms with Crippen LogP contribution < -0.4 is 10.2 Å². The smallest absolute Gasteiger partial charge is 0.475 e. The first kappa shape index (κ1) is 25.0. The number of carbonyl (C=O) groups is 2. The van der Waals surface area contributed by atoms with E-state index in [1.165, 1.54) is 24.1 Å². The number of hydrogen-bond acceptors (Lipinski definition) is 4. The fraction of sp³-hybridized carbons (Fsp3) is 0.269. The summed E-state index contributed by atoms with van der Waals surface area (Å²) >= 11 is 0. The van der Waals surface area contributed by atoms with E-state index in [0.29, 0.717) is 6.54 Å². The van der Waals surface area contributed by atoms with Gasteiger partial charge in [0.25, 0.3) is 5.91 Å². The monoisotopic (exact) mass is 498 g/mol. The van der Waals surface area contributed by atoms with Gasteiger partial charge in [0.2, 0.25) is 0 Å². The highest BCUT2D eigenvalue weighted by atomic mass is 19.4. The number of halogens is 3. The Hall–Kier alpha value is -4.08. The number of benzene rings is 1. The van der Waals surface area contributed by atoms with Gasteiger partial charge in [0, 0.05) is 54.9 Å². The number of carbonyl (C=O) groups excluding carboxylic acids is 1. The maximum atomic E-state index is 12.0. The summed E-state index contributed by atoms with van der Waals surface area (Å²) in [6.45, 7) is 2.94. The Kier molecular flexibility index (Phi) is 7.42. The Morgan fingerprint density at radius 1 is 1.08 bits per heavy atom. The van der Waals surface area contributed by atoms with E-state index >= 15 is 0 Å². The lowest BCUT2D eigenvalue weighted by Gasteiger charge is -2.19. The highest BCUT2D eigenvalue weighted by molar-refractivity contribution is 5.97. The summed E-state index contributed by atoms with van der Waals surface area (Å²) in [5.41, 5.74) is 7.16. The average molecular weight is 499 g/mol. The molecule has 3 N–H and O–H groups in total. The molecule has 1 amide bonds. The van der Waals surface area contributed by atoms with Crippen LogP contribution in [0.1, 0.15) is 40.2 Å². The van der Waals surface area contributed by atoms with Crippen LogP contribution in [0.15, 0.2) is 48.7 Å². The summed E-state index contributed by atoms with van der Waals surface area (Å²) in [6, 6.07) is 14.5. The van der Waals surface area contributed by atoms with Crippen molar-refractivity contribution < 1.29 is 27.9 Å². The van der Waals surface area contributed by atoms with Crippen molar-refractivity contribution in [2.75, 3.05) is 24.5 Å². The molecule has 2 aromatic heterocycles. The van der Waals surface area contributed by atoms with Crippen LogP contribution >= 0.6 is 0 Å². The third kappa shape index (κ3) is 5.94. The summed E-state index contributed by atoms with van der Waals surface area (Å²) in [6.07, 6.45) is 4.31. The second-order valence-corrected chi connectivity index (χ2v) is 8.44. The first-order valence-electron chi connectivity index (χ1n) is 11.5. The number of pyridine rings is 1. The molecule has 2 aliphatic rings. The number of rotatable bonds is 4. The molecule has 188 valence electrons. The summed E-state index contributed by atoms with van der Waals surface area (Å²) < 4.78 is 31.7. The molecule has 0 saturated carbocycles. The normalized spacial score (nSPS) is 15.3. The lowest BCUT2D eigenvalue weighted by Crippen LogP contribution is -2.31. The Labute approximate surface area is 205 Å². The van der Waals surface area contributed by atoms with E-state index in [4.69, 9.17) is 9.90 Å². The predicted molar refractivity (Wildman–Crippen MR) is 131 cm³/mol. The third-order valence-electron chi connectivity index (χ3n) is 5.96. The minimum Gasteiger partial charge on any atom is -0.475 e. The standard InChI is InChI=1S/C24H24N4O.C2HF3O2/c29-24-20-16-22(27-21(20)10-12-26-24)18-9-11-25-19(15-18)8-7-17-5-1-2-6-23(17)28-13-3-4-14-28;3-2(4,5)1(6)7/h1-2,5-9,11,15-16,27H,3-4,10,12-14H2,(H,26,29);(H,6,7). The molecule has 0 atom stereocenters.